The van der Waals surface area contributed by atoms with Gasteiger partial charge in [0.25, 0.3) is 5.91 Å². The number of hydrogen-bond acceptors (Lipinski definition) is 6. The fraction of sp³-hybridized carbons (Fsp3) is 0.211. The van der Waals surface area contributed by atoms with Crippen LogP contribution in [0.15, 0.2) is 47.6 Å². The van der Waals surface area contributed by atoms with E-state index in [9.17, 15) is 9.59 Å². The summed E-state index contributed by atoms with van der Waals surface area (Å²) < 4.78 is 15.9. The van der Waals surface area contributed by atoms with E-state index in [2.05, 4.69) is 10.5 Å². The number of methoxy groups -OCH3 is 2. The number of primary amides is 1. The zero-order valence-corrected chi connectivity index (χ0v) is 15.1. The van der Waals surface area contributed by atoms with Crippen molar-refractivity contribution < 1.29 is 23.8 Å². The van der Waals surface area contributed by atoms with E-state index in [4.69, 9.17) is 19.9 Å². The highest BCUT2D eigenvalue weighted by Crippen LogP contribution is 2.38. The third kappa shape index (κ3) is 6.03. The fourth-order valence-corrected chi connectivity index (χ4v) is 2.26. The molecule has 0 heterocycles. The van der Waals surface area contributed by atoms with Gasteiger partial charge in [0.1, 0.15) is 0 Å². The summed E-state index contributed by atoms with van der Waals surface area (Å²) >= 11 is 0. The first-order valence-electron chi connectivity index (χ1n) is 8.06. The van der Waals surface area contributed by atoms with E-state index >= 15 is 0 Å². The zero-order valence-electron chi connectivity index (χ0n) is 15.1. The molecule has 142 valence electrons. The molecule has 0 aromatic heterocycles. The van der Waals surface area contributed by atoms with Crippen LogP contribution < -0.4 is 25.4 Å². The van der Waals surface area contributed by atoms with Gasteiger partial charge in [-0.2, -0.15) is 5.10 Å². The summed E-state index contributed by atoms with van der Waals surface area (Å²) in [7, 11) is 2.91. The van der Waals surface area contributed by atoms with Crippen LogP contribution in [0.2, 0.25) is 0 Å². The van der Waals surface area contributed by atoms with Crippen LogP contribution in [-0.2, 0) is 16.0 Å². The lowest BCUT2D eigenvalue weighted by molar-refractivity contribution is -0.121. The third-order valence-electron chi connectivity index (χ3n) is 3.45. The first-order chi connectivity index (χ1) is 13.0. The van der Waals surface area contributed by atoms with Crippen molar-refractivity contribution in [2.75, 3.05) is 20.8 Å². The first kappa shape index (κ1) is 19.8. The van der Waals surface area contributed by atoms with Gasteiger partial charge in [0.2, 0.25) is 11.7 Å². The molecular weight excluding hydrogens is 350 g/mol. The van der Waals surface area contributed by atoms with Crippen LogP contribution in [-0.4, -0.2) is 38.9 Å². The highest BCUT2D eigenvalue weighted by molar-refractivity contribution is 5.85. The molecule has 3 N–H and O–H groups in total. The minimum atomic E-state index is -0.620. The monoisotopic (exact) mass is 371 g/mol. The minimum absolute atomic E-state index is 0.227. The van der Waals surface area contributed by atoms with Gasteiger partial charge in [-0.05, 0) is 17.7 Å². The van der Waals surface area contributed by atoms with Gasteiger partial charge in [0, 0.05) is 5.56 Å². The molecule has 2 rings (SSSR count). The zero-order chi connectivity index (χ0) is 19.6. The summed E-state index contributed by atoms with van der Waals surface area (Å²) in [4.78, 5) is 22.8. The molecule has 0 aliphatic carbocycles. The Bertz CT molecular complexity index is 796. The lowest BCUT2D eigenvalue weighted by Gasteiger charge is -2.14. The highest BCUT2D eigenvalue weighted by atomic mass is 16.5. The lowest BCUT2D eigenvalue weighted by atomic mass is 10.1. The van der Waals surface area contributed by atoms with E-state index in [1.807, 2.05) is 30.3 Å². The van der Waals surface area contributed by atoms with Crippen molar-refractivity contribution in [1.82, 2.24) is 5.43 Å². The van der Waals surface area contributed by atoms with Crippen LogP contribution in [0.3, 0.4) is 0 Å². The smallest absolute Gasteiger partial charge is 0.255 e. The second kappa shape index (κ2) is 9.81. The van der Waals surface area contributed by atoms with E-state index in [-0.39, 0.29) is 24.7 Å². The summed E-state index contributed by atoms with van der Waals surface area (Å²) in [6, 6.07) is 12.6. The normalized spacial score (nSPS) is 10.4. The van der Waals surface area contributed by atoms with E-state index < -0.39 is 5.91 Å². The number of hydrazone groups is 1. The maximum absolute atomic E-state index is 11.9. The number of benzene rings is 2. The van der Waals surface area contributed by atoms with Gasteiger partial charge in [-0.15, -0.1) is 0 Å². The fourth-order valence-electron chi connectivity index (χ4n) is 2.26. The van der Waals surface area contributed by atoms with Crippen LogP contribution in [0.1, 0.15) is 11.1 Å². The number of nitrogens with two attached hydrogens (primary N) is 1. The maximum Gasteiger partial charge on any atom is 0.255 e. The molecule has 0 atom stereocenters. The Balaban J connectivity index is 2.07. The number of nitrogens with one attached hydrogen (secondary N) is 1. The highest BCUT2D eigenvalue weighted by Gasteiger charge is 2.14. The number of rotatable bonds is 9. The van der Waals surface area contributed by atoms with Crippen molar-refractivity contribution in [1.29, 1.82) is 0 Å². The molecular formula is C19H21N3O5. The standard InChI is InChI=1S/C19H21N3O5/c1-25-15-8-14(9-16(26-2)19(15)27-12-17(20)23)11-21-22-18(24)10-13-6-4-3-5-7-13/h3-9,11H,10,12H2,1-2H3,(H2,20,23)(H,22,24)/b21-11+. The Labute approximate surface area is 156 Å². The van der Waals surface area contributed by atoms with Crippen LogP contribution in [0, 0.1) is 0 Å². The summed E-state index contributed by atoms with van der Waals surface area (Å²) in [5.41, 5.74) is 9.06. The number of nitrogens with zero attached hydrogens (tertiary/aromatic N) is 1. The molecule has 0 spiro atoms. The van der Waals surface area contributed by atoms with E-state index in [1.165, 1.54) is 20.4 Å². The summed E-state index contributed by atoms with van der Waals surface area (Å²) in [5.74, 6) is 0.0769. The summed E-state index contributed by atoms with van der Waals surface area (Å²) in [6.07, 6.45) is 1.68. The quantitative estimate of drug-likeness (QED) is 0.509. The number of carbonyl (C=O) groups excluding carboxylic acids is 2. The molecule has 8 heteroatoms. The van der Waals surface area contributed by atoms with Crippen molar-refractivity contribution in [2.24, 2.45) is 10.8 Å². The van der Waals surface area contributed by atoms with Crippen molar-refractivity contribution in [2.45, 2.75) is 6.42 Å². The minimum Gasteiger partial charge on any atom is -0.493 e. The third-order valence-corrected chi connectivity index (χ3v) is 3.45. The van der Waals surface area contributed by atoms with Gasteiger partial charge in [-0.1, -0.05) is 30.3 Å². The van der Waals surface area contributed by atoms with Gasteiger partial charge in [-0.25, -0.2) is 5.43 Å². The predicted octanol–water partition coefficient (Wildman–Crippen LogP) is 1.26. The molecule has 27 heavy (non-hydrogen) atoms. The SMILES string of the molecule is COc1cc(/C=N/NC(=O)Cc2ccccc2)cc(OC)c1OCC(N)=O. The lowest BCUT2D eigenvalue weighted by Crippen LogP contribution is -2.20. The van der Waals surface area contributed by atoms with Gasteiger partial charge in [0.15, 0.2) is 18.1 Å². The van der Waals surface area contributed by atoms with Crippen LogP contribution in [0.5, 0.6) is 17.2 Å². The van der Waals surface area contributed by atoms with Crippen LogP contribution >= 0.6 is 0 Å². The Morgan fingerprint density at radius 2 is 1.74 bits per heavy atom. The number of ether oxygens (including phenoxy) is 3. The molecule has 0 aliphatic heterocycles. The largest absolute Gasteiger partial charge is 0.493 e. The van der Waals surface area contributed by atoms with Crippen LogP contribution in [0.25, 0.3) is 0 Å². The Hall–Kier alpha value is -3.55. The van der Waals surface area contributed by atoms with Crippen molar-refractivity contribution in [3.63, 3.8) is 0 Å². The second-order valence-corrected chi connectivity index (χ2v) is 5.47. The second-order valence-electron chi connectivity index (χ2n) is 5.47. The topological polar surface area (TPSA) is 112 Å². The molecule has 8 nitrogen and oxygen atoms in total. The summed E-state index contributed by atoms with van der Waals surface area (Å²) in [5, 5.41) is 3.94. The Morgan fingerprint density at radius 1 is 1.11 bits per heavy atom. The van der Waals surface area contributed by atoms with Gasteiger partial charge in [0.05, 0.1) is 26.9 Å². The van der Waals surface area contributed by atoms with E-state index in [1.54, 1.807) is 12.1 Å². The maximum atomic E-state index is 11.9. The van der Waals surface area contributed by atoms with Gasteiger partial charge >= 0.3 is 0 Å². The average molecular weight is 371 g/mol. The van der Waals surface area contributed by atoms with Gasteiger partial charge < -0.3 is 19.9 Å². The molecule has 2 amide bonds. The molecule has 2 aromatic rings. The average Bonchev–Trinajstić information content (AvgIpc) is 2.66. The van der Waals surface area contributed by atoms with Crippen LogP contribution in [0.4, 0.5) is 0 Å². The van der Waals surface area contributed by atoms with Gasteiger partial charge in [-0.3, -0.25) is 9.59 Å². The summed E-state index contributed by atoms with van der Waals surface area (Å²) in [6.45, 7) is -0.310. The van der Waals surface area contributed by atoms with Crippen molar-refractivity contribution in [3.8, 4) is 17.2 Å². The molecule has 0 saturated heterocycles. The molecule has 2 aromatic carbocycles. The van der Waals surface area contributed by atoms with E-state index in [0.717, 1.165) is 5.56 Å². The molecule has 0 aliphatic rings. The number of amides is 2. The molecule has 0 fully saturated rings. The molecule has 0 radical (unpaired) electrons. The number of carbonyl (C=O) groups is 2. The Kier molecular flexibility index (Phi) is 7.18. The molecule has 0 bridgehead atoms. The van der Waals surface area contributed by atoms with E-state index in [0.29, 0.717) is 17.1 Å². The molecule has 0 saturated carbocycles. The van der Waals surface area contributed by atoms with Crippen molar-refractivity contribution in [3.05, 3.63) is 53.6 Å². The Morgan fingerprint density at radius 3 is 2.30 bits per heavy atom. The molecule has 0 unspecified atom stereocenters. The van der Waals surface area contributed by atoms with Crippen molar-refractivity contribution >= 4 is 18.0 Å². The number of hydrogen-bond donors (Lipinski definition) is 2. The first-order valence-corrected chi connectivity index (χ1v) is 8.06. The predicted molar refractivity (Wildman–Crippen MR) is 100 cm³/mol.